The highest BCUT2D eigenvalue weighted by atomic mass is 19.4. The molecule has 0 saturated carbocycles. The summed E-state index contributed by atoms with van der Waals surface area (Å²) in [6, 6.07) is 5.70. The SMILES string of the molecule is CC(C)c1ccc(C(O)(CN)C(F)(F)F)cc1. The van der Waals surface area contributed by atoms with E-state index in [0.717, 1.165) is 5.56 Å². The highest BCUT2D eigenvalue weighted by Gasteiger charge is 2.53. The third-order valence-corrected chi connectivity index (χ3v) is 2.82. The number of alkyl halides is 3. The van der Waals surface area contributed by atoms with Gasteiger partial charge in [0.05, 0.1) is 0 Å². The Bertz CT molecular complexity index is 372. The van der Waals surface area contributed by atoms with Gasteiger partial charge < -0.3 is 10.8 Å². The summed E-state index contributed by atoms with van der Waals surface area (Å²) in [5.74, 6) is 0.223. The van der Waals surface area contributed by atoms with Crippen LogP contribution in [0.4, 0.5) is 13.2 Å². The lowest BCUT2D eigenvalue weighted by Gasteiger charge is -2.29. The highest BCUT2D eigenvalue weighted by molar-refractivity contribution is 5.30. The van der Waals surface area contributed by atoms with Gasteiger partial charge >= 0.3 is 6.18 Å². The van der Waals surface area contributed by atoms with Crippen LogP contribution in [0.25, 0.3) is 0 Å². The molecule has 3 N–H and O–H groups in total. The monoisotopic (exact) mass is 247 g/mol. The van der Waals surface area contributed by atoms with Crippen LogP contribution in [0.5, 0.6) is 0 Å². The quantitative estimate of drug-likeness (QED) is 0.862. The van der Waals surface area contributed by atoms with Crippen molar-refractivity contribution in [3.8, 4) is 0 Å². The Morgan fingerprint density at radius 1 is 1.18 bits per heavy atom. The van der Waals surface area contributed by atoms with Crippen LogP contribution in [0.2, 0.25) is 0 Å². The predicted octanol–water partition coefficient (Wildman–Crippen LogP) is 2.52. The Kier molecular flexibility index (Phi) is 3.84. The maximum absolute atomic E-state index is 12.7. The smallest absolute Gasteiger partial charge is 0.375 e. The van der Waals surface area contributed by atoms with Gasteiger partial charge in [0.1, 0.15) is 0 Å². The fourth-order valence-electron chi connectivity index (χ4n) is 1.54. The van der Waals surface area contributed by atoms with E-state index in [2.05, 4.69) is 0 Å². The second-order valence-electron chi connectivity index (χ2n) is 4.34. The topological polar surface area (TPSA) is 46.2 Å². The zero-order valence-electron chi connectivity index (χ0n) is 9.75. The van der Waals surface area contributed by atoms with Gasteiger partial charge in [-0.2, -0.15) is 13.2 Å². The van der Waals surface area contributed by atoms with E-state index in [1.54, 1.807) is 12.1 Å². The van der Waals surface area contributed by atoms with E-state index in [0.29, 0.717) is 0 Å². The number of hydrogen-bond acceptors (Lipinski definition) is 2. The summed E-state index contributed by atoms with van der Waals surface area (Å²) in [6.45, 7) is 2.99. The number of aliphatic hydroxyl groups is 1. The second kappa shape index (κ2) is 4.66. The minimum Gasteiger partial charge on any atom is -0.375 e. The van der Waals surface area contributed by atoms with E-state index >= 15 is 0 Å². The first-order valence-corrected chi connectivity index (χ1v) is 5.32. The minimum atomic E-state index is -4.78. The first-order valence-electron chi connectivity index (χ1n) is 5.32. The summed E-state index contributed by atoms with van der Waals surface area (Å²) >= 11 is 0. The molecule has 0 spiro atoms. The van der Waals surface area contributed by atoms with Gasteiger partial charge in [-0.15, -0.1) is 0 Å². The van der Waals surface area contributed by atoms with Gasteiger partial charge in [0, 0.05) is 6.54 Å². The van der Waals surface area contributed by atoms with Gasteiger partial charge in [-0.3, -0.25) is 0 Å². The van der Waals surface area contributed by atoms with Crippen LogP contribution in [-0.4, -0.2) is 17.8 Å². The van der Waals surface area contributed by atoms with Crippen molar-refractivity contribution in [3.05, 3.63) is 35.4 Å². The Morgan fingerprint density at radius 3 is 1.94 bits per heavy atom. The first-order chi connectivity index (χ1) is 7.72. The average Bonchev–Trinajstić information content (AvgIpc) is 2.26. The Balaban J connectivity index is 3.14. The molecule has 17 heavy (non-hydrogen) atoms. The minimum absolute atomic E-state index is 0.223. The summed E-state index contributed by atoms with van der Waals surface area (Å²) < 4.78 is 38.2. The average molecular weight is 247 g/mol. The molecule has 0 radical (unpaired) electrons. The molecule has 1 rings (SSSR count). The van der Waals surface area contributed by atoms with Crippen LogP contribution in [0.3, 0.4) is 0 Å². The van der Waals surface area contributed by atoms with E-state index < -0.39 is 18.3 Å². The third kappa shape index (κ3) is 2.61. The maximum atomic E-state index is 12.7. The Hall–Kier alpha value is -1.07. The predicted molar refractivity (Wildman–Crippen MR) is 59.5 cm³/mol. The van der Waals surface area contributed by atoms with Crippen molar-refractivity contribution in [2.75, 3.05) is 6.54 Å². The largest absolute Gasteiger partial charge is 0.422 e. The lowest BCUT2D eigenvalue weighted by molar-refractivity contribution is -0.262. The van der Waals surface area contributed by atoms with Gasteiger partial charge in [-0.1, -0.05) is 38.1 Å². The molecule has 0 aliphatic rings. The molecular formula is C12H16F3NO. The first kappa shape index (κ1) is 14.0. The molecule has 1 aromatic rings. The van der Waals surface area contributed by atoms with Gasteiger partial charge in [-0.05, 0) is 17.0 Å². The van der Waals surface area contributed by atoms with Crippen LogP contribution in [0, 0.1) is 0 Å². The molecule has 0 bridgehead atoms. The van der Waals surface area contributed by atoms with Gasteiger partial charge in [0.2, 0.25) is 0 Å². The lowest BCUT2D eigenvalue weighted by Crippen LogP contribution is -2.48. The summed E-state index contributed by atoms with van der Waals surface area (Å²) in [5.41, 5.74) is 2.77. The molecule has 0 saturated heterocycles. The molecule has 1 atom stereocenters. The van der Waals surface area contributed by atoms with Crippen LogP contribution < -0.4 is 5.73 Å². The maximum Gasteiger partial charge on any atom is 0.422 e. The van der Waals surface area contributed by atoms with Crippen LogP contribution >= 0.6 is 0 Å². The van der Waals surface area contributed by atoms with Crippen molar-refractivity contribution in [1.82, 2.24) is 0 Å². The van der Waals surface area contributed by atoms with Gasteiger partial charge in [0.25, 0.3) is 0 Å². The molecule has 1 unspecified atom stereocenters. The van der Waals surface area contributed by atoms with Crippen LogP contribution in [-0.2, 0) is 5.60 Å². The van der Waals surface area contributed by atoms with E-state index in [9.17, 15) is 18.3 Å². The lowest BCUT2D eigenvalue weighted by atomic mass is 9.91. The molecular weight excluding hydrogens is 231 g/mol. The van der Waals surface area contributed by atoms with E-state index in [4.69, 9.17) is 5.73 Å². The molecule has 0 fully saturated rings. The zero-order chi connectivity index (χ0) is 13.3. The zero-order valence-corrected chi connectivity index (χ0v) is 9.75. The number of rotatable bonds is 3. The fraction of sp³-hybridized carbons (Fsp3) is 0.500. The van der Waals surface area contributed by atoms with E-state index in [-0.39, 0.29) is 11.5 Å². The third-order valence-electron chi connectivity index (χ3n) is 2.82. The summed E-state index contributed by atoms with van der Waals surface area (Å²) in [4.78, 5) is 0. The fourth-order valence-corrected chi connectivity index (χ4v) is 1.54. The number of benzene rings is 1. The molecule has 1 aromatic carbocycles. The van der Waals surface area contributed by atoms with E-state index in [1.807, 2.05) is 13.8 Å². The van der Waals surface area contributed by atoms with Crippen molar-refractivity contribution in [1.29, 1.82) is 0 Å². The molecule has 96 valence electrons. The highest BCUT2D eigenvalue weighted by Crippen LogP contribution is 2.38. The van der Waals surface area contributed by atoms with Crippen LogP contribution in [0.1, 0.15) is 30.9 Å². The Morgan fingerprint density at radius 2 is 1.65 bits per heavy atom. The van der Waals surface area contributed by atoms with Gasteiger partial charge in [0.15, 0.2) is 5.60 Å². The van der Waals surface area contributed by atoms with Crippen molar-refractivity contribution < 1.29 is 18.3 Å². The van der Waals surface area contributed by atoms with Crippen molar-refractivity contribution in [2.24, 2.45) is 5.73 Å². The van der Waals surface area contributed by atoms with Gasteiger partial charge in [-0.25, -0.2) is 0 Å². The Labute approximate surface area is 98.3 Å². The standard InChI is InChI=1S/C12H16F3NO/c1-8(2)9-3-5-10(6-4-9)11(17,7-16)12(13,14)15/h3-6,8,17H,7,16H2,1-2H3. The summed E-state index contributed by atoms with van der Waals surface area (Å²) in [7, 11) is 0. The normalized spacial score (nSPS) is 16.0. The summed E-state index contributed by atoms with van der Waals surface area (Å²) in [6.07, 6.45) is -4.78. The molecule has 0 amide bonds. The molecule has 0 heterocycles. The molecule has 0 aliphatic carbocycles. The van der Waals surface area contributed by atoms with E-state index in [1.165, 1.54) is 12.1 Å². The number of hydrogen-bond donors (Lipinski definition) is 2. The number of nitrogens with two attached hydrogens (primary N) is 1. The van der Waals surface area contributed by atoms with Crippen molar-refractivity contribution >= 4 is 0 Å². The van der Waals surface area contributed by atoms with Crippen LogP contribution in [0.15, 0.2) is 24.3 Å². The molecule has 0 aromatic heterocycles. The molecule has 0 aliphatic heterocycles. The second-order valence-corrected chi connectivity index (χ2v) is 4.34. The summed E-state index contributed by atoms with van der Waals surface area (Å²) in [5, 5.41) is 9.61. The van der Waals surface area contributed by atoms with Crippen molar-refractivity contribution in [2.45, 2.75) is 31.5 Å². The molecule has 2 nitrogen and oxygen atoms in total. The number of halogens is 3. The van der Waals surface area contributed by atoms with Crippen molar-refractivity contribution in [3.63, 3.8) is 0 Å². The molecule has 5 heteroatoms.